The number of carbonyl (C=O) groups excluding carboxylic acids is 2. The average Bonchev–Trinajstić information content (AvgIpc) is 3.37. The third-order valence-electron chi connectivity index (χ3n) is 7.53. The highest BCUT2D eigenvalue weighted by atomic mass is 35.5. The van der Waals surface area contributed by atoms with Crippen LogP contribution in [0, 0.1) is 19.3 Å². The highest BCUT2D eigenvalue weighted by molar-refractivity contribution is 6.30. The fraction of sp³-hybridized carbons (Fsp3) is 0.367. The number of carbonyl (C=O) groups is 3. The van der Waals surface area contributed by atoms with Crippen molar-refractivity contribution in [3.05, 3.63) is 86.3 Å². The number of H-pyrrole nitrogens is 1. The second-order valence-electron chi connectivity index (χ2n) is 10.9. The number of aromatic nitrogens is 2. The molecule has 1 fully saturated rings. The Morgan fingerprint density at radius 3 is 2.51 bits per heavy atom. The van der Waals surface area contributed by atoms with Gasteiger partial charge in [-0.05, 0) is 88.9 Å². The van der Waals surface area contributed by atoms with Crippen molar-refractivity contribution >= 4 is 29.4 Å². The number of rotatable bonds is 8. The van der Waals surface area contributed by atoms with Gasteiger partial charge in [-0.2, -0.15) is 5.10 Å². The topological polar surface area (TPSA) is 142 Å². The van der Waals surface area contributed by atoms with Crippen LogP contribution in [0.1, 0.15) is 66.8 Å². The first-order valence-electron chi connectivity index (χ1n) is 13.3. The molecule has 0 saturated carbocycles. The lowest BCUT2D eigenvalue weighted by molar-refractivity contribution is -0.153. The van der Waals surface area contributed by atoms with E-state index < -0.39 is 34.9 Å². The van der Waals surface area contributed by atoms with Gasteiger partial charge in [0, 0.05) is 22.7 Å². The van der Waals surface area contributed by atoms with E-state index in [9.17, 15) is 24.3 Å². The SMILES string of the molecule is Cc1cc(Oc2ccc(C(=O)N[C@H](C)C(=O)N3[C@H](c4cccc(Cl)c4)CC[C@@H]3C(C)(C)C(=O)O)cc2C)c(=O)[nH]n1. The second-order valence-corrected chi connectivity index (χ2v) is 11.4. The molecule has 1 aliphatic heterocycles. The number of aliphatic carboxylic acids is 1. The summed E-state index contributed by atoms with van der Waals surface area (Å²) in [5, 5.41) is 19.4. The normalized spacial score (nSPS) is 17.7. The molecule has 0 spiro atoms. The van der Waals surface area contributed by atoms with Gasteiger partial charge in [0.15, 0.2) is 5.75 Å². The van der Waals surface area contributed by atoms with Gasteiger partial charge >= 0.3 is 11.5 Å². The quantitative estimate of drug-likeness (QED) is 0.347. The summed E-state index contributed by atoms with van der Waals surface area (Å²) in [6, 6.07) is 11.5. The Kier molecular flexibility index (Phi) is 8.53. The van der Waals surface area contributed by atoms with Gasteiger partial charge < -0.3 is 20.1 Å². The molecule has 0 bridgehead atoms. The monoisotopic (exact) mass is 580 g/mol. The van der Waals surface area contributed by atoms with Crippen molar-refractivity contribution in [3.8, 4) is 11.5 Å². The molecule has 2 amide bonds. The predicted molar refractivity (Wildman–Crippen MR) is 153 cm³/mol. The maximum atomic E-state index is 13.9. The van der Waals surface area contributed by atoms with E-state index in [1.807, 2.05) is 6.07 Å². The Morgan fingerprint density at radius 2 is 1.85 bits per heavy atom. The van der Waals surface area contributed by atoms with Crippen LogP contribution in [0.3, 0.4) is 0 Å². The number of aromatic amines is 1. The fourth-order valence-corrected chi connectivity index (χ4v) is 5.36. The van der Waals surface area contributed by atoms with Gasteiger partial charge in [-0.15, -0.1) is 0 Å². The van der Waals surface area contributed by atoms with Crippen LogP contribution in [0.5, 0.6) is 11.5 Å². The smallest absolute Gasteiger partial charge is 0.311 e. The number of carboxylic acid groups (broad SMARTS) is 1. The summed E-state index contributed by atoms with van der Waals surface area (Å²) in [6.45, 7) is 8.26. The molecule has 3 aromatic rings. The Morgan fingerprint density at radius 1 is 1.12 bits per heavy atom. The van der Waals surface area contributed by atoms with Gasteiger partial charge in [-0.25, -0.2) is 5.10 Å². The number of nitrogens with zero attached hydrogens (tertiary/aromatic N) is 2. The lowest BCUT2D eigenvalue weighted by atomic mass is 9.83. The zero-order chi connectivity index (χ0) is 30.1. The molecule has 1 aliphatic rings. The van der Waals surface area contributed by atoms with Crippen LogP contribution in [0.4, 0.5) is 0 Å². The van der Waals surface area contributed by atoms with Crippen LogP contribution in [-0.4, -0.2) is 50.1 Å². The van der Waals surface area contributed by atoms with Crippen LogP contribution in [0.25, 0.3) is 0 Å². The first kappa shape index (κ1) is 29.8. The molecule has 4 rings (SSSR count). The number of hydrogen-bond acceptors (Lipinski definition) is 6. The first-order chi connectivity index (χ1) is 19.3. The zero-order valence-electron chi connectivity index (χ0n) is 23.5. The summed E-state index contributed by atoms with van der Waals surface area (Å²) in [4.78, 5) is 52.8. The molecule has 216 valence electrons. The highest BCUT2D eigenvalue weighted by Gasteiger charge is 2.49. The number of aryl methyl sites for hydroxylation is 2. The summed E-state index contributed by atoms with van der Waals surface area (Å²) < 4.78 is 5.73. The van der Waals surface area contributed by atoms with Gasteiger partial charge in [0.25, 0.3) is 5.91 Å². The summed E-state index contributed by atoms with van der Waals surface area (Å²) >= 11 is 6.23. The maximum absolute atomic E-state index is 13.9. The van der Waals surface area contributed by atoms with Crippen molar-refractivity contribution in [1.82, 2.24) is 20.4 Å². The minimum atomic E-state index is -1.21. The van der Waals surface area contributed by atoms with Crippen molar-refractivity contribution < 1.29 is 24.2 Å². The third kappa shape index (κ3) is 6.27. The van der Waals surface area contributed by atoms with Crippen LogP contribution in [0.15, 0.2) is 53.3 Å². The van der Waals surface area contributed by atoms with Gasteiger partial charge in [0.1, 0.15) is 11.8 Å². The van der Waals surface area contributed by atoms with Crippen molar-refractivity contribution in [2.75, 3.05) is 0 Å². The number of hydrogen-bond donors (Lipinski definition) is 3. The van der Waals surface area contributed by atoms with E-state index in [0.717, 1.165) is 5.56 Å². The van der Waals surface area contributed by atoms with E-state index in [2.05, 4.69) is 15.5 Å². The molecule has 1 aromatic heterocycles. The van der Waals surface area contributed by atoms with Crippen molar-refractivity contribution in [2.45, 2.75) is 65.6 Å². The molecule has 1 saturated heterocycles. The van der Waals surface area contributed by atoms with E-state index in [1.54, 1.807) is 69.9 Å². The molecule has 10 nitrogen and oxygen atoms in total. The molecule has 0 unspecified atom stereocenters. The summed E-state index contributed by atoms with van der Waals surface area (Å²) in [6.07, 6.45) is 1.05. The van der Waals surface area contributed by atoms with E-state index in [0.29, 0.717) is 40.4 Å². The Hall–Kier alpha value is -4.18. The molecule has 0 radical (unpaired) electrons. The highest BCUT2D eigenvalue weighted by Crippen LogP contribution is 2.44. The first-order valence-corrected chi connectivity index (χ1v) is 13.6. The van der Waals surface area contributed by atoms with Crippen molar-refractivity contribution in [3.63, 3.8) is 0 Å². The second kappa shape index (κ2) is 11.7. The molecule has 0 aliphatic carbocycles. The Labute approximate surface area is 242 Å². The molecular weight excluding hydrogens is 548 g/mol. The number of amides is 2. The zero-order valence-corrected chi connectivity index (χ0v) is 24.3. The summed E-state index contributed by atoms with van der Waals surface area (Å²) in [7, 11) is 0. The fourth-order valence-electron chi connectivity index (χ4n) is 5.16. The lowest BCUT2D eigenvalue weighted by Gasteiger charge is -2.39. The van der Waals surface area contributed by atoms with E-state index >= 15 is 0 Å². The molecule has 3 atom stereocenters. The predicted octanol–water partition coefficient (Wildman–Crippen LogP) is 4.79. The minimum absolute atomic E-state index is 0.0794. The maximum Gasteiger partial charge on any atom is 0.311 e. The van der Waals surface area contributed by atoms with Gasteiger partial charge in [0.2, 0.25) is 5.91 Å². The lowest BCUT2D eigenvalue weighted by Crippen LogP contribution is -2.54. The van der Waals surface area contributed by atoms with Gasteiger partial charge in [0.05, 0.1) is 17.2 Å². The van der Waals surface area contributed by atoms with Crippen molar-refractivity contribution in [1.29, 1.82) is 0 Å². The molecule has 2 heterocycles. The van der Waals surface area contributed by atoms with Crippen LogP contribution in [-0.2, 0) is 9.59 Å². The standard InChI is InChI=1S/C30H33ClN4O6/c1-16-13-20(9-11-23(16)41-24-14-17(2)33-34-27(24)37)26(36)32-18(3)28(38)35-22(19-7-6-8-21(31)15-19)10-12-25(35)30(4,5)29(39)40/h6-9,11,13-15,18,22,25H,10,12H2,1-5H3,(H,32,36)(H,34,37)(H,39,40)/t18-,22+,25-/m1/s1. The summed E-state index contributed by atoms with van der Waals surface area (Å²) in [5.74, 6) is -1.40. The number of benzene rings is 2. The number of carboxylic acids is 1. The number of halogens is 1. The number of likely N-dealkylation sites (tertiary alicyclic amines) is 1. The van der Waals surface area contributed by atoms with Crippen LogP contribution >= 0.6 is 11.6 Å². The largest absolute Gasteiger partial charge is 0.481 e. The molecule has 2 aromatic carbocycles. The third-order valence-corrected chi connectivity index (χ3v) is 7.77. The Bertz CT molecular complexity index is 1550. The van der Waals surface area contributed by atoms with E-state index in [1.165, 1.54) is 12.1 Å². The average molecular weight is 581 g/mol. The minimum Gasteiger partial charge on any atom is -0.481 e. The van der Waals surface area contributed by atoms with E-state index in [4.69, 9.17) is 16.3 Å². The van der Waals surface area contributed by atoms with Gasteiger partial charge in [-0.3, -0.25) is 19.2 Å². The molecule has 41 heavy (non-hydrogen) atoms. The Balaban J connectivity index is 1.55. The van der Waals surface area contributed by atoms with Crippen LogP contribution in [0.2, 0.25) is 5.02 Å². The van der Waals surface area contributed by atoms with Crippen molar-refractivity contribution in [2.24, 2.45) is 5.41 Å². The number of nitrogens with one attached hydrogen (secondary N) is 2. The molecule has 3 N–H and O–H groups in total. The number of ether oxygens (including phenoxy) is 1. The molecular formula is C30H33ClN4O6. The van der Waals surface area contributed by atoms with E-state index in [-0.39, 0.29) is 17.7 Å². The van der Waals surface area contributed by atoms with Crippen LogP contribution < -0.4 is 15.6 Å². The van der Waals surface area contributed by atoms with Gasteiger partial charge in [-0.1, -0.05) is 23.7 Å². The summed E-state index contributed by atoms with van der Waals surface area (Å²) in [5.41, 5.74) is 0.596. The molecule has 11 heteroatoms.